The predicted molar refractivity (Wildman–Crippen MR) is 100 cm³/mol. The highest BCUT2D eigenvalue weighted by Crippen LogP contribution is 2.24. The molecule has 0 radical (unpaired) electrons. The highest BCUT2D eigenvalue weighted by Gasteiger charge is 2.25. The van der Waals surface area contributed by atoms with Crippen molar-refractivity contribution in [1.82, 2.24) is 5.32 Å². The fourth-order valence-corrected chi connectivity index (χ4v) is 2.92. The number of ether oxygens (including phenoxy) is 2. The van der Waals surface area contributed by atoms with E-state index in [1.165, 1.54) is 5.56 Å². The van der Waals surface area contributed by atoms with E-state index in [1.54, 1.807) is 0 Å². The van der Waals surface area contributed by atoms with Crippen molar-refractivity contribution in [2.75, 3.05) is 13.2 Å². The molecule has 0 aromatic heterocycles. The van der Waals surface area contributed by atoms with E-state index in [0.717, 1.165) is 12.2 Å². The van der Waals surface area contributed by atoms with Crippen LogP contribution in [0.15, 0.2) is 24.3 Å². The molecule has 1 rings (SSSR count). The number of benzene rings is 1. The number of hydrogen-bond acceptors (Lipinski definition) is 3. The maximum Gasteiger partial charge on any atom is 0.405 e. The summed E-state index contributed by atoms with van der Waals surface area (Å²) in [6, 6.07) is 8.10. The lowest BCUT2D eigenvalue weighted by Crippen LogP contribution is -2.44. The molecule has 0 aliphatic carbocycles. The molecule has 0 spiro atoms. The second-order valence-corrected chi connectivity index (χ2v) is 8.11. The number of hydrogen-bond donors (Lipinski definition) is 2. The van der Waals surface area contributed by atoms with Crippen molar-refractivity contribution in [2.24, 2.45) is 5.92 Å². The molecule has 0 saturated heterocycles. The predicted octanol–water partition coefficient (Wildman–Crippen LogP) is 4.50. The first kappa shape index (κ1) is 21.3. The van der Waals surface area contributed by atoms with Gasteiger partial charge >= 0.3 is 6.09 Å². The van der Waals surface area contributed by atoms with Crippen molar-refractivity contribution in [1.29, 1.82) is 0 Å². The third-order valence-electron chi connectivity index (χ3n) is 3.67. The van der Waals surface area contributed by atoms with Crippen LogP contribution in [0.5, 0.6) is 5.75 Å². The lowest BCUT2D eigenvalue weighted by molar-refractivity contribution is 0.0941. The van der Waals surface area contributed by atoms with Crippen LogP contribution in [0.3, 0.4) is 0 Å². The molecule has 5 heteroatoms. The SMILES string of the molecule is CCOC[C@@H](Cc1ccc(OC(C)(C)C)cc1)CC(C)(C)NC(=O)O. The van der Waals surface area contributed by atoms with Gasteiger partial charge in [0.2, 0.25) is 0 Å². The standard InChI is InChI=1S/C20H33NO4/c1-7-24-14-16(13-20(5,6)21-18(22)23)12-15-8-10-17(11-9-15)25-19(2,3)4/h8-11,16,21H,7,12-14H2,1-6H3,(H,22,23)/t16-/m0/s1. The zero-order valence-corrected chi connectivity index (χ0v) is 16.4. The van der Waals surface area contributed by atoms with Crippen LogP contribution in [-0.2, 0) is 11.2 Å². The molecule has 2 N–H and O–H groups in total. The number of nitrogens with one attached hydrogen (secondary N) is 1. The Morgan fingerprint density at radius 2 is 1.76 bits per heavy atom. The number of carbonyl (C=O) groups is 1. The summed E-state index contributed by atoms with van der Waals surface area (Å²) in [4.78, 5) is 11.0. The Kier molecular flexibility index (Phi) is 7.74. The van der Waals surface area contributed by atoms with Crippen LogP contribution in [0.1, 0.15) is 53.5 Å². The highest BCUT2D eigenvalue weighted by molar-refractivity contribution is 5.65. The Hall–Kier alpha value is -1.75. The molecule has 142 valence electrons. The molecule has 0 unspecified atom stereocenters. The van der Waals surface area contributed by atoms with Gasteiger partial charge in [-0.1, -0.05) is 12.1 Å². The molecule has 0 heterocycles. The Balaban J connectivity index is 2.75. The summed E-state index contributed by atoms with van der Waals surface area (Å²) in [5.41, 5.74) is 0.478. The second kappa shape index (κ2) is 9.09. The Labute approximate surface area is 151 Å². The first-order valence-electron chi connectivity index (χ1n) is 8.87. The third-order valence-corrected chi connectivity index (χ3v) is 3.67. The van der Waals surface area contributed by atoms with E-state index < -0.39 is 11.6 Å². The Bertz CT molecular complexity index is 532. The molecule has 25 heavy (non-hydrogen) atoms. The largest absolute Gasteiger partial charge is 0.488 e. The van der Waals surface area contributed by atoms with E-state index >= 15 is 0 Å². The van der Waals surface area contributed by atoms with Crippen molar-refractivity contribution in [3.63, 3.8) is 0 Å². The van der Waals surface area contributed by atoms with Gasteiger partial charge in [0.15, 0.2) is 0 Å². The first-order chi connectivity index (χ1) is 11.5. The van der Waals surface area contributed by atoms with Crippen molar-refractivity contribution in [3.8, 4) is 5.75 Å². The fourth-order valence-electron chi connectivity index (χ4n) is 2.92. The normalized spacial score (nSPS) is 13.4. The smallest absolute Gasteiger partial charge is 0.405 e. The molecule has 0 fully saturated rings. The minimum absolute atomic E-state index is 0.217. The maximum atomic E-state index is 11.0. The van der Waals surface area contributed by atoms with Crippen LogP contribution in [0.25, 0.3) is 0 Å². The van der Waals surface area contributed by atoms with Crippen LogP contribution >= 0.6 is 0 Å². The van der Waals surface area contributed by atoms with Crippen molar-refractivity contribution in [3.05, 3.63) is 29.8 Å². The number of rotatable bonds is 9. The quantitative estimate of drug-likeness (QED) is 0.687. The molecular weight excluding hydrogens is 318 g/mol. The fraction of sp³-hybridized carbons (Fsp3) is 0.650. The van der Waals surface area contributed by atoms with Gasteiger partial charge in [-0.2, -0.15) is 0 Å². The molecule has 0 bridgehead atoms. The van der Waals surface area contributed by atoms with Gasteiger partial charge in [0.05, 0.1) is 0 Å². The summed E-state index contributed by atoms with van der Waals surface area (Å²) in [6.45, 7) is 13.1. The van der Waals surface area contributed by atoms with Gasteiger partial charge in [-0.3, -0.25) is 0 Å². The van der Waals surface area contributed by atoms with Crippen LogP contribution in [-0.4, -0.2) is 35.6 Å². The van der Waals surface area contributed by atoms with Crippen LogP contribution in [0.4, 0.5) is 4.79 Å². The summed E-state index contributed by atoms with van der Waals surface area (Å²) >= 11 is 0. The van der Waals surface area contributed by atoms with Crippen molar-refractivity contribution >= 4 is 6.09 Å². The minimum Gasteiger partial charge on any atom is -0.488 e. The van der Waals surface area contributed by atoms with E-state index in [0.29, 0.717) is 19.6 Å². The van der Waals surface area contributed by atoms with Crippen molar-refractivity contribution < 1.29 is 19.4 Å². The summed E-state index contributed by atoms with van der Waals surface area (Å²) in [5.74, 6) is 1.08. The number of carboxylic acid groups (broad SMARTS) is 1. The van der Waals surface area contributed by atoms with Crippen LogP contribution < -0.4 is 10.1 Å². The van der Waals surface area contributed by atoms with Gasteiger partial charge < -0.3 is 19.9 Å². The lowest BCUT2D eigenvalue weighted by atomic mass is 9.87. The van der Waals surface area contributed by atoms with Gasteiger partial charge in [0, 0.05) is 18.8 Å². The van der Waals surface area contributed by atoms with Crippen molar-refractivity contribution in [2.45, 2.75) is 65.5 Å². The summed E-state index contributed by atoms with van der Waals surface area (Å²) in [5, 5.41) is 11.6. The van der Waals surface area contributed by atoms with E-state index in [2.05, 4.69) is 17.4 Å². The summed E-state index contributed by atoms with van der Waals surface area (Å²) in [6.07, 6.45) is 0.545. The average molecular weight is 351 g/mol. The molecule has 1 aromatic rings. The molecule has 1 amide bonds. The van der Waals surface area contributed by atoms with Gasteiger partial charge in [0.25, 0.3) is 0 Å². The molecular formula is C20H33NO4. The zero-order chi connectivity index (χ0) is 19.1. The molecule has 1 atom stereocenters. The summed E-state index contributed by atoms with van der Waals surface area (Å²) in [7, 11) is 0. The topological polar surface area (TPSA) is 67.8 Å². The second-order valence-electron chi connectivity index (χ2n) is 8.11. The van der Waals surface area contributed by atoms with E-state index in [9.17, 15) is 4.79 Å². The molecule has 1 aromatic carbocycles. The molecule has 0 saturated carbocycles. The Morgan fingerprint density at radius 3 is 2.24 bits per heavy atom. The first-order valence-corrected chi connectivity index (χ1v) is 8.87. The lowest BCUT2D eigenvalue weighted by Gasteiger charge is -2.30. The molecule has 0 aliphatic heterocycles. The van der Waals surface area contributed by atoms with Gasteiger partial charge in [-0.15, -0.1) is 0 Å². The third kappa shape index (κ3) is 9.34. The van der Waals surface area contributed by atoms with Gasteiger partial charge in [-0.05, 0) is 78.0 Å². The van der Waals surface area contributed by atoms with Crippen LogP contribution in [0.2, 0.25) is 0 Å². The minimum atomic E-state index is -0.996. The highest BCUT2D eigenvalue weighted by atomic mass is 16.5. The average Bonchev–Trinajstić information content (AvgIpc) is 2.43. The van der Waals surface area contributed by atoms with E-state index in [-0.39, 0.29) is 11.5 Å². The summed E-state index contributed by atoms with van der Waals surface area (Å²) < 4.78 is 11.5. The Morgan fingerprint density at radius 1 is 1.16 bits per heavy atom. The number of amides is 1. The zero-order valence-electron chi connectivity index (χ0n) is 16.4. The van der Waals surface area contributed by atoms with Gasteiger partial charge in [-0.25, -0.2) is 4.79 Å². The van der Waals surface area contributed by atoms with E-state index in [1.807, 2.05) is 53.7 Å². The molecule has 0 aliphatic rings. The maximum absolute atomic E-state index is 11.0. The van der Waals surface area contributed by atoms with E-state index in [4.69, 9.17) is 14.6 Å². The van der Waals surface area contributed by atoms with Crippen LogP contribution in [0, 0.1) is 5.92 Å². The monoisotopic (exact) mass is 351 g/mol. The van der Waals surface area contributed by atoms with Gasteiger partial charge in [0.1, 0.15) is 11.4 Å². The molecule has 5 nitrogen and oxygen atoms in total.